The molecule has 4 heteroatoms. The molecule has 0 aliphatic carbocycles. The van der Waals surface area contributed by atoms with Crippen molar-refractivity contribution in [1.82, 2.24) is 19.5 Å². The number of fused-ring (bicyclic) bond motifs is 2. The van der Waals surface area contributed by atoms with Gasteiger partial charge in [-0.2, -0.15) is 0 Å². The normalized spacial score (nSPS) is 11.3. The maximum absolute atomic E-state index is 4.51. The van der Waals surface area contributed by atoms with E-state index in [1.54, 1.807) is 6.33 Å². The van der Waals surface area contributed by atoms with Crippen LogP contribution in [-0.2, 0) is 0 Å². The molecule has 0 radical (unpaired) electrons. The van der Waals surface area contributed by atoms with E-state index in [4.69, 9.17) is 0 Å². The fraction of sp³-hybridized carbons (Fsp3) is 0.118. The van der Waals surface area contributed by atoms with E-state index < -0.39 is 0 Å². The monoisotopic (exact) mass is 274 g/mol. The van der Waals surface area contributed by atoms with E-state index >= 15 is 0 Å². The zero-order chi connectivity index (χ0) is 14.4. The number of hydrogen-bond acceptors (Lipinski definition) is 3. The molecule has 21 heavy (non-hydrogen) atoms. The molecule has 0 aliphatic heterocycles. The van der Waals surface area contributed by atoms with Crippen LogP contribution >= 0.6 is 0 Å². The third-order valence-electron chi connectivity index (χ3n) is 3.91. The van der Waals surface area contributed by atoms with Crippen LogP contribution in [0.1, 0.15) is 11.1 Å². The maximum Gasteiger partial charge on any atom is 0.149 e. The fourth-order valence-electron chi connectivity index (χ4n) is 2.62. The maximum atomic E-state index is 4.51. The fourth-order valence-corrected chi connectivity index (χ4v) is 2.62. The first-order valence-corrected chi connectivity index (χ1v) is 6.88. The highest BCUT2D eigenvalue weighted by Gasteiger charge is 2.10. The van der Waals surface area contributed by atoms with Crippen molar-refractivity contribution in [2.45, 2.75) is 13.8 Å². The molecule has 4 aromatic rings. The van der Waals surface area contributed by atoms with E-state index in [1.807, 2.05) is 35.2 Å². The summed E-state index contributed by atoms with van der Waals surface area (Å²) in [5.74, 6) is 0.867. The lowest BCUT2D eigenvalue weighted by molar-refractivity contribution is 1.02. The average Bonchev–Trinajstić information content (AvgIpc) is 2.90. The minimum Gasteiger partial charge on any atom is -0.282 e. The average molecular weight is 274 g/mol. The van der Waals surface area contributed by atoms with Gasteiger partial charge >= 0.3 is 0 Å². The number of nitrogens with zero attached hydrogens (tertiary/aromatic N) is 4. The van der Waals surface area contributed by atoms with Crippen LogP contribution in [0, 0.1) is 13.8 Å². The van der Waals surface area contributed by atoms with E-state index in [1.165, 1.54) is 11.1 Å². The molecule has 0 unspecified atom stereocenters. The summed E-state index contributed by atoms with van der Waals surface area (Å²) in [7, 11) is 0. The summed E-state index contributed by atoms with van der Waals surface area (Å²) in [5.41, 5.74) is 5.50. The summed E-state index contributed by atoms with van der Waals surface area (Å²) >= 11 is 0. The highest BCUT2D eigenvalue weighted by atomic mass is 15.1. The van der Waals surface area contributed by atoms with Gasteiger partial charge in [0.05, 0.1) is 16.6 Å². The Morgan fingerprint density at radius 1 is 0.857 bits per heavy atom. The predicted octanol–water partition coefficient (Wildman–Crippen LogP) is 3.59. The highest BCUT2D eigenvalue weighted by Crippen LogP contribution is 2.24. The van der Waals surface area contributed by atoms with Crippen molar-refractivity contribution in [3.05, 3.63) is 60.2 Å². The molecule has 2 aromatic carbocycles. The topological polar surface area (TPSA) is 43.6 Å². The molecule has 4 nitrogen and oxygen atoms in total. The van der Waals surface area contributed by atoms with Crippen molar-refractivity contribution in [3.8, 4) is 5.82 Å². The number of benzene rings is 2. The summed E-state index contributed by atoms with van der Waals surface area (Å²) in [6.07, 6.45) is 3.43. The second kappa shape index (κ2) is 4.38. The van der Waals surface area contributed by atoms with Crippen LogP contribution in [0.4, 0.5) is 0 Å². The van der Waals surface area contributed by atoms with Crippen molar-refractivity contribution in [2.75, 3.05) is 0 Å². The number of rotatable bonds is 1. The lowest BCUT2D eigenvalue weighted by atomic mass is 10.1. The Hall–Kier alpha value is -2.75. The van der Waals surface area contributed by atoms with Gasteiger partial charge in [-0.25, -0.2) is 15.0 Å². The summed E-state index contributed by atoms with van der Waals surface area (Å²) in [6.45, 7) is 4.22. The Bertz CT molecular complexity index is 964. The number of hydrogen-bond donors (Lipinski definition) is 0. The second-order valence-corrected chi connectivity index (χ2v) is 5.25. The molecule has 2 heterocycles. The summed E-state index contributed by atoms with van der Waals surface area (Å²) < 4.78 is 2.03. The van der Waals surface area contributed by atoms with Gasteiger partial charge in [0.2, 0.25) is 0 Å². The van der Waals surface area contributed by atoms with E-state index in [2.05, 4.69) is 40.9 Å². The van der Waals surface area contributed by atoms with Gasteiger partial charge < -0.3 is 0 Å². The first-order valence-electron chi connectivity index (χ1n) is 6.88. The highest BCUT2D eigenvalue weighted by molar-refractivity contribution is 5.88. The van der Waals surface area contributed by atoms with Crippen LogP contribution in [0.3, 0.4) is 0 Å². The van der Waals surface area contributed by atoms with Crippen molar-refractivity contribution < 1.29 is 0 Å². The molecule has 0 saturated heterocycles. The summed E-state index contributed by atoms with van der Waals surface area (Å²) in [5, 5.41) is 1.03. The third-order valence-corrected chi connectivity index (χ3v) is 3.91. The molecular formula is C17H14N4. The molecule has 0 aliphatic rings. The first-order chi connectivity index (χ1) is 10.2. The molecule has 0 N–H and O–H groups in total. The molecule has 0 atom stereocenters. The van der Waals surface area contributed by atoms with Crippen LogP contribution in [0.2, 0.25) is 0 Å². The Morgan fingerprint density at radius 2 is 1.67 bits per heavy atom. The molecule has 0 saturated carbocycles. The Morgan fingerprint density at radius 3 is 2.57 bits per heavy atom. The van der Waals surface area contributed by atoms with Gasteiger partial charge in [-0.3, -0.25) is 4.57 Å². The first kappa shape index (κ1) is 12.0. The van der Waals surface area contributed by atoms with Gasteiger partial charge in [-0.1, -0.05) is 12.1 Å². The van der Waals surface area contributed by atoms with Crippen molar-refractivity contribution in [3.63, 3.8) is 0 Å². The Kier molecular flexibility index (Phi) is 2.51. The quantitative estimate of drug-likeness (QED) is 0.533. The van der Waals surface area contributed by atoms with Gasteiger partial charge in [0.1, 0.15) is 18.5 Å². The molecule has 102 valence electrons. The molecular weight excluding hydrogens is 260 g/mol. The second-order valence-electron chi connectivity index (χ2n) is 5.25. The van der Waals surface area contributed by atoms with E-state index in [0.717, 1.165) is 27.8 Å². The van der Waals surface area contributed by atoms with Gasteiger partial charge in [0.15, 0.2) is 0 Å². The summed E-state index contributed by atoms with van der Waals surface area (Å²) in [4.78, 5) is 13.3. The number of imidazole rings is 1. The molecule has 0 fully saturated rings. The lowest BCUT2D eigenvalue weighted by Crippen LogP contribution is -1.98. The number of aromatic nitrogens is 4. The van der Waals surface area contributed by atoms with Crippen LogP contribution in [-0.4, -0.2) is 19.5 Å². The Labute approximate surface area is 122 Å². The zero-order valence-electron chi connectivity index (χ0n) is 11.9. The summed E-state index contributed by atoms with van der Waals surface area (Å²) in [6, 6.07) is 12.3. The van der Waals surface area contributed by atoms with E-state index in [0.29, 0.717) is 0 Å². The van der Waals surface area contributed by atoms with Crippen LogP contribution < -0.4 is 0 Å². The SMILES string of the molecule is Cc1cc2ncn(-c3ncnc4ccccc34)c2cc1C. The van der Waals surface area contributed by atoms with Crippen molar-refractivity contribution >= 4 is 21.9 Å². The smallest absolute Gasteiger partial charge is 0.149 e. The van der Waals surface area contributed by atoms with Crippen LogP contribution in [0.5, 0.6) is 0 Å². The lowest BCUT2D eigenvalue weighted by Gasteiger charge is -2.07. The van der Waals surface area contributed by atoms with Gasteiger partial charge in [-0.05, 0) is 49.2 Å². The Balaban J connectivity index is 2.07. The minimum absolute atomic E-state index is 0.867. The predicted molar refractivity (Wildman–Crippen MR) is 83.6 cm³/mol. The van der Waals surface area contributed by atoms with Crippen LogP contribution in [0.25, 0.3) is 27.8 Å². The third kappa shape index (κ3) is 1.80. The number of para-hydroxylation sites is 1. The molecule has 0 bridgehead atoms. The van der Waals surface area contributed by atoms with Gasteiger partial charge in [0.25, 0.3) is 0 Å². The largest absolute Gasteiger partial charge is 0.282 e. The number of aryl methyl sites for hydroxylation is 2. The van der Waals surface area contributed by atoms with E-state index in [-0.39, 0.29) is 0 Å². The van der Waals surface area contributed by atoms with E-state index in [9.17, 15) is 0 Å². The van der Waals surface area contributed by atoms with Gasteiger partial charge in [-0.15, -0.1) is 0 Å². The van der Waals surface area contributed by atoms with Crippen LogP contribution in [0.15, 0.2) is 49.1 Å². The standard InChI is InChI=1S/C17H14N4/c1-11-7-15-16(8-12(11)2)21(10-20-15)17-13-5-3-4-6-14(13)18-9-19-17/h3-10H,1-2H3. The van der Waals surface area contributed by atoms with Gasteiger partial charge in [0, 0.05) is 5.39 Å². The zero-order valence-corrected chi connectivity index (χ0v) is 11.9. The van der Waals surface area contributed by atoms with Crippen molar-refractivity contribution in [2.24, 2.45) is 0 Å². The molecule has 4 rings (SSSR count). The minimum atomic E-state index is 0.867. The molecule has 2 aromatic heterocycles. The van der Waals surface area contributed by atoms with Crippen molar-refractivity contribution in [1.29, 1.82) is 0 Å². The molecule has 0 amide bonds. The molecule has 0 spiro atoms.